The Bertz CT molecular complexity index is 655. The van der Waals surface area contributed by atoms with Crippen LogP contribution in [0, 0.1) is 11.3 Å². The zero-order chi connectivity index (χ0) is 13.4. The number of nitrogens with zero attached hydrogens (tertiary/aromatic N) is 3. The van der Waals surface area contributed by atoms with Gasteiger partial charge in [0.25, 0.3) is 0 Å². The normalized spacial score (nSPS) is 23.4. The van der Waals surface area contributed by atoms with Gasteiger partial charge in [0.15, 0.2) is 0 Å². The van der Waals surface area contributed by atoms with E-state index in [0.29, 0.717) is 17.6 Å². The van der Waals surface area contributed by atoms with E-state index in [2.05, 4.69) is 22.5 Å². The fourth-order valence-electron chi connectivity index (χ4n) is 2.77. The van der Waals surface area contributed by atoms with Crippen LogP contribution >= 0.6 is 0 Å². The molecule has 1 saturated heterocycles. The van der Waals surface area contributed by atoms with E-state index in [1.165, 1.54) is 0 Å². The van der Waals surface area contributed by atoms with Crippen molar-refractivity contribution >= 4 is 17.0 Å². The standard InChI is InChI=1S/C14H16N4O/c1-9-6-11(4-5-19-9)18-13-7-10(8-15)2-3-12(13)17-14(18)16/h2-3,7,9,11H,4-6H2,1H3,(H2,16,17). The molecule has 3 rings (SSSR count). The lowest BCUT2D eigenvalue weighted by atomic mass is 10.0. The van der Waals surface area contributed by atoms with Crippen molar-refractivity contribution in [2.75, 3.05) is 12.3 Å². The first kappa shape index (κ1) is 12.0. The minimum Gasteiger partial charge on any atom is -0.378 e. The second-order valence-corrected chi connectivity index (χ2v) is 5.01. The molecular weight excluding hydrogens is 240 g/mol. The third-order valence-electron chi connectivity index (χ3n) is 3.67. The van der Waals surface area contributed by atoms with E-state index in [-0.39, 0.29) is 6.10 Å². The fourth-order valence-corrected chi connectivity index (χ4v) is 2.77. The smallest absolute Gasteiger partial charge is 0.201 e. The zero-order valence-corrected chi connectivity index (χ0v) is 10.8. The molecule has 0 spiro atoms. The van der Waals surface area contributed by atoms with Crippen molar-refractivity contribution in [3.05, 3.63) is 23.8 Å². The molecule has 1 aromatic heterocycles. The van der Waals surface area contributed by atoms with E-state index in [1.54, 1.807) is 6.07 Å². The summed E-state index contributed by atoms with van der Waals surface area (Å²) in [6.45, 7) is 2.81. The Hall–Kier alpha value is -2.06. The first-order chi connectivity index (χ1) is 9.19. The number of ether oxygens (including phenoxy) is 1. The van der Waals surface area contributed by atoms with Gasteiger partial charge in [0.1, 0.15) is 0 Å². The highest BCUT2D eigenvalue weighted by molar-refractivity contribution is 5.80. The lowest BCUT2D eigenvalue weighted by Crippen LogP contribution is -2.26. The van der Waals surface area contributed by atoms with Crippen molar-refractivity contribution in [2.24, 2.45) is 0 Å². The average Bonchev–Trinajstić information content (AvgIpc) is 2.73. The quantitative estimate of drug-likeness (QED) is 0.848. The van der Waals surface area contributed by atoms with Crippen molar-refractivity contribution in [1.29, 1.82) is 5.26 Å². The number of nitrogens with two attached hydrogens (primary N) is 1. The number of fused-ring (bicyclic) bond motifs is 1. The van der Waals surface area contributed by atoms with Crippen LogP contribution in [0.15, 0.2) is 18.2 Å². The molecule has 1 aliphatic heterocycles. The summed E-state index contributed by atoms with van der Waals surface area (Å²) < 4.78 is 7.63. The number of imidazole rings is 1. The van der Waals surface area contributed by atoms with Crippen molar-refractivity contribution in [1.82, 2.24) is 9.55 Å². The summed E-state index contributed by atoms with van der Waals surface area (Å²) in [5.74, 6) is 0.518. The Kier molecular flexibility index (Phi) is 2.88. The topological polar surface area (TPSA) is 76.9 Å². The van der Waals surface area contributed by atoms with Gasteiger partial charge < -0.3 is 15.0 Å². The number of nitrogen functional groups attached to an aromatic ring is 1. The molecule has 2 N–H and O–H groups in total. The van der Waals surface area contributed by atoms with Gasteiger partial charge >= 0.3 is 0 Å². The van der Waals surface area contributed by atoms with Gasteiger partial charge in [0, 0.05) is 12.6 Å². The van der Waals surface area contributed by atoms with Gasteiger partial charge in [-0.2, -0.15) is 5.26 Å². The lowest BCUT2D eigenvalue weighted by Gasteiger charge is -2.29. The molecule has 1 aliphatic rings. The number of benzene rings is 1. The van der Waals surface area contributed by atoms with Crippen LogP contribution in [0.3, 0.4) is 0 Å². The predicted octanol–water partition coefficient (Wildman–Crippen LogP) is 2.23. The molecule has 5 nitrogen and oxygen atoms in total. The Morgan fingerprint density at radius 1 is 1.53 bits per heavy atom. The van der Waals surface area contributed by atoms with Crippen LogP contribution in [-0.2, 0) is 4.74 Å². The predicted molar refractivity (Wildman–Crippen MR) is 72.5 cm³/mol. The van der Waals surface area contributed by atoms with Gasteiger partial charge in [-0.1, -0.05) is 0 Å². The van der Waals surface area contributed by atoms with Crippen LogP contribution < -0.4 is 5.73 Å². The van der Waals surface area contributed by atoms with E-state index in [0.717, 1.165) is 30.5 Å². The van der Waals surface area contributed by atoms with E-state index in [4.69, 9.17) is 15.7 Å². The number of anilines is 1. The maximum Gasteiger partial charge on any atom is 0.201 e. The van der Waals surface area contributed by atoms with Crippen LogP contribution in [0.25, 0.3) is 11.0 Å². The highest BCUT2D eigenvalue weighted by Gasteiger charge is 2.24. The first-order valence-electron chi connectivity index (χ1n) is 6.48. The van der Waals surface area contributed by atoms with E-state index in [9.17, 15) is 0 Å². The SMILES string of the molecule is CC1CC(n2c(N)nc3ccc(C#N)cc32)CCO1. The minimum absolute atomic E-state index is 0.231. The molecular formula is C14H16N4O. The van der Waals surface area contributed by atoms with Gasteiger partial charge in [-0.25, -0.2) is 4.98 Å². The molecule has 98 valence electrons. The van der Waals surface area contributed by atoms with Gasteiger partial charge in [-0.15, -0.1) is 0 Å². The summed E-state index contributed by atoms with van der Waals surface area (Å²) in [6, 6.07) is 7.94. The second-order valence-electron chi connectivity index (χ2n) is 5.01. The maximum absolute atomic E-state index is 9.02. The number of rotatable bonds is 1. The molecule has 2 aromatic rings. The molecule has 19 heavy (non-hydrogen) atoms. The van der Waals surface area contributed by atoms with Crippen molar-refractivity contribution in [2.45, 2.75) is 31.9 Å². The zero-order valence-electron chi connectivity index (χ0n) is 10.8. The molecule has 0 amide bonds. The highest BCUT2D eigenvalue weighted by atomic mass is 16.5. The van der Waals surface area contributed by atoms with Crippen LogP contribution in [0.1, 0.15) is 31.4 Å². The fraction of sp³-hybridized carbons (Fsp3) is 0.429. The summed E-state index contributed by atoms with van der Waals surface area (Å²) in [5, 5.41) is 9.02. The minimum atomic E-state index is 0.231. The van der Waals surface area contributed by atoms with Gasteiger partial charge in [0.05, 0.1) is 28.8 Å². The van der Waals surface area contributed by atoms with E-state index < -0.39 is 0 Å². The van der Waals surface area contributed by atoms with Crippen LogP contribution in [-0.4, -0.2) is 22.3 Å². The number of nitriles is 1. The Labute approximate surface area is 111 Å². The number of hydrogen-bond donors (Lipinski definition) is 1. The molecule has 2 unspecified atom stereocenters. The summed E-state index contributed by atoms with van der Waals surface area (Å²) in [7, 11) is 0. The number of hydrogen-bond acceptors (Lipinski definition) is 4. The molecule has 1 aromatic carbocycles. The molecule has 0 aliphatic carbocycles. The molecule has 0 radical (unpaired) electrons. The van der Waals surface area contributed by atoms with Crippen molar-refractivity contribution in [3.8, 4) is 6.07 Å². The molecule has 2 atom stereocenters. The van der Waals surface area contributed by atoms with Crippen molar-refractivity contribution < 1.29 is 4.74 Å². The Morgan fingerprint density at radius 2 is 2.37 bits per heavy atom. The summed E-state index contributed by atoms with van der Waals surface area (Å²) in [5.41, 5.74) is 8.47. The van der Waals surface area contributed by atoms with Gasteiger partial charge in [0.2, 0.25) is 5.95 Å². The van der Waals surface area contributed by atoms with Crippen LogP contribution in [0.2, 0.25) is 0 Å². The molecule has 1 fully saturated rings. The summed E-state index contributed by atoms with van der Waals surface area (Å²) >= 11 is 0. The number of aromatic nitrogens is 2. The highest BCUT2D eigenvalue weighted by Crippen LogP contribution is 2.31. The summed E-state index contributed by atoms with van der Waals surface area (Å²) in [4.78, 5) is 4.38. The third kappa shape index (κ3) is 2.04. The largest absolute Gasteiger partial charge is 0.378 e. The Morgan fingerprint density at radius 3 is 3.11 bits per heavy atom. The first-order valence-corrected chi connectivity index (χ1v) is 6.48. The lowest BCUT2D eigenvalue weighted by molar-refractivity contribution is 0.00714. The maximum atomic E-state index is 9.02. The summed E-state index contributed by atoms with van der Waals surface area (Å²) in [6.07, 6.45) is 2.08. The van der Waals surface area contributed by atoms with Gasteiger partial charge in [-0.3, -0.25) is 0 Å². The molecule has 5 heteroatoms. The molecule has 2 heterocycles. The van der Waals surface area contributed by atoms with Gasteiger partial charge in [-0.05, 0) is 38.0 Å². The van der Waals surface area contributed by atoms with Crippen LogP contribution in [0.5, 0.6) is 0 Å². The second kappa shape index (κ2) is 4.56. The average molecular weight is 256 g/mol. The monoisotopic (exact) mass is 256 g/mol. The van der Waals surface area contributed by atoms with E-state index in [1.807, 2.05) is 12.1 Å². The van der Waals surface area contributed by atoms with E-state index >= 15 is 0 Å². The van der Waals surface area contributed by atoms with Crippen molar-refractivity contribution in [3.63, 3.8) is 0 Å². The third-order valence-corrected chi connectivity index (χ3v) is 3.67. The molecule has 0 bridgehead atoms. The molecule has 0 saturated carbocycles. The Balaban J connectivity index is 2.11. The van der Waals surface area contributed by atoms with Crippen LogP contribution in [0.4, 0.5) is 5.95 Å².